The first-order valence-corrected chi connectivity index (χ1v) is 9.91. The number of halogens is 3. The number of nitrogens with one attached hydrogen (secondary N) is 1. The van der Waals surface area contributed by atoms with E-state index in [1.54, 1.807) is 22.7 Å². The van der Waals surface area contributed by atoms with Crippen LogP contribution in [0, 0.1) is 0 Å². The average Bonchev–Trinajstić information content (AvgIpc) is 3.28. The van der Waals surface area contributed by atoms with Crippen LogP contribution >= 0.6 is 22.7 Å². The van der Waals surface area contributed by atoms with E-state index >= 15 is 0 Å². The summed E-state index contributed by atoms with van der Waals surface area (Å²) >= 11 is 3.16. The van der Waals surface area contributed by atoms with Crippen LogP contribution in [0.15, 0.2) is 59.3 Å². The highest BCUT2D eigenvalue weighted by atomic mass is 32.1. The molecule has 0 saturated carbocycles. The van der Waals surface area contributed by atoms with Crippen LogP contribution in [0.2, 0.25) is 0 Å². The van der Waals surface area contributed by atoms with Crippen LogP contribution in [-0.4, -0.2) is 17.4 Å². The van der Waals surface area contributed by atoms with Crippen molar-refractivity contribution in [3.63, 3.8) is 0 Å². The Bertz CT molecular complexity index is 825. The van der Waals surface area contributed by atoms with Crippen LogP contribution in [0.25, 0.3) is 0 Å². The minimum Gasteiger partial charge on any atom is -0.324 e. The fraction of sp³-hybridized carbons (Fsp3) is 0.211. The van der Waals surface area contributed by atoms with Crippen molar-refractivity contribution in [3.05, 3.63) is 74.6 Å². The van der Waals surface area contributed by atoms with Gasteiger partial charge in [0.1, 0.15) is 0 Å². The summed E-state index contributed by atoms with van der Waals surface area (Å²) in [5, 5.41) is 6.33. The van der Waals surface area contributed by atoms with Crippen molar-refractivity contribution in [2.75, 3.05) is 11.9 Å². The molecule has 0 bridgehead atoms. The summed E-state index contributed by atoms with van der Waals surface area (Å²) in [6, 6.07) is 12.8. The van der Waals surface area contributed by atoms with Gasteiger partial charge in [0.15, 0.2) is 0 Å². The standard InChI is InChI=1S/C19H17F3N2OS2/c20-19(21,22)16-7-1-2-8-17(16)23-18(25)13-24(11-14-5-3-9-26-14)12-15-6-4-10-27-15/h1-10H,11-13H2,(H,23,25). The number of nitrogens with zero attached hydrogens (tertiary/aromatic N) is 1. The van der Waals surface area contributed by atoms with Crippen LogP contribution in [0.1, 0.15) is 15.3 Å². The molecule has 1 aromatic carbocycles. The number of rotatable bonds is 7. The minimum absolute atomic E-state index is 0.00198. The van der Waals surface area contributed by atoms with E-state index in [1.165, 1.54) is 18.2 Å². The van der Waals surface area contributed by atoms with Crippen molar-refractivity contribution in [1.82, 2.24) is 4.90 Å². The third-order valence-corrected chi connectivity index (χ3v) is 5.52. The summed E-state index contributed by atoms with van der Waals surface area (Å²) in [7, 11) is 0. The van der Waals surface area contributed by atoms with E-state index < -0.39 is 17.6 Å². The van der Waals surface area contributed by atoms with Crippen molar-refractivity contribution < 1.29 is 18.0 Å². The molecule has 0 atom stereocenters. The molecule has 0 aliphatic rings. The highest BCUT2D eigenvalue weighted by Crippen LogP contribution is 2.34. The van der Waals surface area contributed by atoms with Gasteiger partial charge < -0.3 is 5.32 Å². The van der Waals surface area contributed by atoms with E-state index in [9.17, 15) is 18.0 Å². The number of anilines is 1. The molecule has 2 aromatic heterocycles. The van der Waals surface area contributed by atoms with Crippen LogP contribution in [0.3, 0.4) is 0 Å². The number of alkyl halides is 3. The van der Waals surface area contributed by atoms with E-state index in [-0.39, 0.29) is 12.2 Å². The van der Waals surface area contributed by atoms with Gasteiger partial charge >= 0.3 is 6.18 Å². The van der Waals surface area contributed by atoms with Gasteiger partial charge in [-0.1, -0.05) is 24.3 Å². The largest absolute Gasteiger partial charge is 0.418 e. The van der Waals surface area contributed by atoms with Gasteiger partial charge in [-0.05, 0) is 35.0 Å². The zero-order chi connectivity index (χ0) is 19.3. The number of thiophene rings is 2. The smallest absolute Gasteiger partial charge is 0.324 e. The zero-order valence-corrected chi connectivity index (χ0v) is 15.8. The van der Waals surface area contributed by atoms with Gasteiger partial charge in [-0.25, -0.2) is 0 Å². The molecule has 0 unspecified atom stereocenters. The molecule has 0 aliphatic heterocycles. The number of amides is 1. The Hall–Kier alpha value is -2.16. The molecule has 3 aromatic rings. The molecule has 2 heterocycles. The molecule has 142 valence electrons. The summed E-state index contributed by atoms with van der Waals surface area (Å²) < 4.78 is 39.3. The number of benzene rings is 1. The van der Waals surface area contributed by atoms with Gasteiger partial charge in [0.2, 0.25) is 5.91 Å². The van der Waals surface area contributed by atoms with Crippen molar-refractivity contribution in [3.8, 4) is 0 Å². The molecule has 27 heavy (non-hydrogen) atoms. The molecular weight excluding hydrogens is 393 g/mol. The van der Waals surface area contributed by atoms with Gasteiger partial charge in [-0.15, -0.1) is 22.7 Å². The molecule has 3 nitrogen and oxygen atoms in total. The number of carbonyl (C=O) groups is 1. The van der Waals surface area contributed by atoms with E-state index in [1.807, 2.05) is 39.9 Å². The van der Waals surface area contributed by atoms with Crippen LogP contribution in [-0.2, 0) is 24.1 Å². The van der Waals surface area contributed by atoms with E-state index in [4.69, 9.17) is 0 Å². The molecule has 1 amide bonds. The Morgan fingerprint density at radius 1 is 0.926 bits per heavy atom. The number of carbonyl (C=O) groups excluding carboxylic acids is 1. The predicted octanol–water partition coefficient (Wildman–Crippen LogP) is 5.47. The maximum Gasteiger partial charge on any atom is 0.418 e. The van der Waals surface area contributed by atoms with Gasteiger partial charge in [-0.3, -0.25) is 9.69 Å². The Kier molecular flexibility index (Phi) is 6.30. The fourth-order valence-electron chi connectivity index (χ4n) is 2.65. The monoisotopic (exact) mass is 410 g/mol. The highest BCUT2D eigenvalue weighted by molar-refractivity contribution is 7.10. The Morgan fingerprint density at radius 3 is 2.04 bits per heavy atom. The first kappa shape index (κ1) is 19.6. The summed E-state index contributed by atoms with van der Waals surface area (Å²) in [5.41, 5.74) is -1.07. The zero-order valence-electron chi connectivity index (χ0n) is 14.2. The lowest BCUT2D eigenvalue weighted by atomic mass is 10.1. The second-order valence-corrected chi connectivity index (χ2v) is 7.96. The number of hydrogen-bond acceptors (Lipinski definition) is 4. The number of hydrogen-bond donors (Lipinski definition) is 1. The maximum atomic E-state index is 13.1. The molecule has 0 radical (unpaired) electrons. The molecule has 0 fully saturated rings. The fourth-order valence-corrected chi connectivity index (χ4v) is 4.14. The van der Waals surface area contributed by atoms with Crippen LogP contribution in [0.4, 0.5) is 18.9 Å². The topological polar surface area (TPSA) is 32.3 Å². The van der Waals surface area contributed by atoms with Gasteiger partial charge in [0, 0.05) is 22.8 Å². The van der Waals surface area contributed by atoms with Gasteiger partial charge in [-0.2, -0.15) is 13.2 Å². The molecule has 3 rings (SSSR count). The minimum atomic E-state index is -4.52. The second-order valence-electron chi connectivity index (χ2n) is 5.90. The molecule has 0 aliphatic carbocycles. The van der Waals surface area contributed by atoms with Crippen molar-refractivity contribution in [1.29, 1.82) is 0 Å². The summed E-state index contributed by atoms with van der Waals surface area (Å²) in [6.07, 6.45) is -4.52. The van der Waals surface area contributed by atoms with Crippen molar-refractivity contribution >= 4 is 34.3 Å². The quantitative estimate of drug-likeness (QED) is 0.560. The molecule has 8 heteroatoms. The molecular formula is C19H17F3N2OS2. The van der Waals surface area contributed by atoms with Crippen LogP contribution in [0.5, 0.6) is 0 Å². The third-order valence-electron chi connectivity index (χ3n) is 3.79. The van der Waals surface area contributed by atoms with E-state index in [2.05, 4.69) is 5.32 Å². The lowest BCUT2D eigenvalue weighted by Crippen LogP contribution is -2.32. The van der Waals surface area contributed by atoms with Crippen molar-refractivity contribution in [2.24, 2.45) is 0 Å². The predicted molar refractivity (Wildman–Crippen MR) is 103 cm³/mol. The summed E-state index contributed by atoms with van der Waals surface area (Å²) in [6.45, 7) is 1.12. The second kappa shape index (κ2) is 8.69. The van der Waals surface area contributed by atoms with E-state index in [0.29, 0.717) is 13.1 Å². The summed E-state index contributed by atoms with van der Waals surface area (Å²) in [5.74, 6) is -0.472. The first-order valence-electron chi connectivity index (χ1n) is 8.15. The maximum absolute atomic E-state index is 13.1. The summed E-state index contributed by atoms with van der Waals surface area (Å²) in [4.78, 5) is 16.6. The van der Waals surface area contributed by atoms with Gasteiger partial charge in [0.25, 0.3) is 0 Å². The third kappa shape index (κ3) is 5.66. The van der Waals surface area contributed by atoms with Gasteiger partial charge in [0.05, 0.1) is 17.8 Å². The highest BCUT2D eigenvalue weighted by Gasteiger charge is 2.33. The first-order chi connectivity index (χ1) is 12.9. The normalized spacial score (nSPS) is 11.7. The molecule has 0 saturated heterocycles. The lowest BCUT2D eigenvalue weighted by molar-refractivity contribution is -0.137. The Labute approximate surface area is 163 Å². The molecule has 0 spiro atoms. The SMILES string of the molecule is O=C(CN(Cc1cccs1)Cc1cccs1)Nc1ccccc1C(F)(F)F. The number of para-hydroxylation sites is 1. The lowest BCUT2D eigenvalue weighted by Gasteiger charge is -2.21. The van der Waals surface area contributed by atoms with E-state index in [0.717, 1.165) is 15.8 Å². The van der Waals surface area contributed by atoms with Crippen LogP contribution < -0.4 is 5.32 Å². The molecule has 1 N–H and O–H groups in total. The van der Waals surface area contributed by atoms with Crippen molar-refractivity contribution in [2.45, 2.75) is 19.3 Å². The average molecular weight is 410 g/mol. The Balaban J connectivity index is 1.71. The Morgan fingerprint density at radius 2 is 1.52 bits per heavy atom.